The summed E-state index contributed by atoms with van der Waals surface area (Å²) in [6, 6.07) is 18.1. The molecule has 28 heavy (non-hydrogen) atoms. The van der Waals surface area contributed by atoms with Crippen LogP contribution in [0.4, 0.5) is 17.2 Å². The number of anilines is 3. The summed E-state index contributed by atoms with van der Waals surface area (Å²) >= 11 is 0. The van der Waals surface area contributed by atoms with E-state index in [1.807, 2.05) is 25.1 Å². The minimum atomic E-state index is -3.71. The van der Waals surface area contributed by atoms with Crippen LogP contribution in [-0.4, -0.2) is 26.6 Å². The Bertz CT molecular complexity index is 1060. The minimum absolute atomic E-state index is 0.162. The van der Waals surface area contributed by atoms with Crippen LogP contribution in [0.1, 0.15) is 12.5 Å². The van der Waals surface area contributed by atoms with Gasteiger partial charge in [0.25, 0.3) is 10.0 Å². The molecular formula is C21H21N3O3S. The number of fused-ring (bicyclic) bond motifs is 1. The molecule has 0 amide bonds. The molecule has 0 unspecified atom stereocenters. The summed E-state index contributed by atoms with van der Waals surface area (Å²) in [7, 11) is -3.71. The number of sulfonamides is 1. The van der Waals surface area contributed by atoms with Crippen molar-refractivity contribution in [2.75, 3.05) is 22.8 Å². The number of rotatable bonds is 6. The lowest BCUT2D eigenvalue weighted by molar-refractivity contribution is 0.340. The Hall–Kier alpha value is -3.06. The lowest BCUT2D eigenvalue weighted by Gasteiger charge is -2.19. The van der Waals surface area contributed by atoms with Gasteiger partial charge in [0, 0.05) is 12.2 Å². The lowest BCUT2D eigenvalue weighted by atomic mass is 10.2. The monoisotopic (exact) mass is 395 g/mol. The summed E-state index contributed by atoms with van der Waals surface area (Å²) in [5, 5.41) is 0. The molecule has 0 saturated heterocycles. The average Bonchev–Trinajstić information content (AvgIpc) is 3.13. The van der Waals surface area contributed by atoms with Gasteiger partial charge in [0.1, 0.15) is 11.6 Å². The quantitative estimate of drug-likeness (QED) is 0.684. The summed E-state index contributed by atoms with van der Waals surface area (Å²) in [5.41, 5.74) is 3.42. The van der Waals surface area contributed by atoms with Crippen LogP contribution in [0.3, 0.4) is 0 Å². The van der Waals surface area contributed by atoms with Crippen LogP contribution in [0.2, 0.25) is 0 Å². The van der Waals surface area contributed by atoms with E-state index in [1.54, 1.807) is 24.4 Å². The average molecular weight is 395 g/mol. The third-order valence-corrected chi connectivity index (χ3v) is 6.00. The van der Waals surface area contributed by atoms with Crippen molar-refractivity contribution in [1.29, 1.82) is 0 Å². The highest BCUT2D eigenvalue weighted by atomic mass is 32.2. The van der Waals surface area contributed by atoms with Crippen molar-refractivity contribution in [2.45, 2.75) is 18.2 Å². The molecule has 144 valence electrons. The molecule has 0 spiro atoms. The maximum absolute atomic E-state index is 12.6. The molecule has 1 aliphatic heterocycles. The highest BCUT2D eigenvalue weighted by Gasteiger charge is 2.20. The number of nitrogens with one attached hydrogen (secondary N) is 1. The molecular weight excluding hydrogens is 374 g/mol. The van der Waals surface area contributed by atoms with Gasteiger partial charge in [0.05, 0.1) is 23.4 Å². The van der Waals surface area contributed by atoms with Crippen LogP contribution >= 0.6 is 0 Å². The van der Waals surface area contributed by atoms with Gasteiger partial charge in [-0.2, -0.15) is 0 Å². The maximum atomic E-state index is 12.6. The summed E-state index contributed by atoms with van der Waals surface area (Å²) in [5.74, 6) is 0.917. The van der Waals surface area contributed by atoms with E-state index in [4.69, 9.17) is 4.74 Å². The van der Waals surface area contributed by atoms with Crippen molar-refractivity contribution in [3.8, 4) is 5.75 Å². The Labute approximate surface area is 164 Å². The molecule has 4 rings (SSSR count). The molecule has 2 aromatic carbocycles. The van der Waals surface area contributed by atoms with Gasteiger partial charge < -0.3 is 9.64 Å². The summed E-state index contributed by atoms with van der Waals surface area (Å²) in [4.78, 5) is 6.65. The second-order valence-corrected chi connectivity index (χ2v) is 8.12. The first kappa shape index (κ1) is 18.3. The molecule has 0 saturated carbocycles. The number of para-hydroxylation sites is 1. The molecule has 0 atom stereocenters. The van der Waals surface area contributed by atoms with Gasteiger partial charge >= 0.3 is 0 Å². The number of hydrogen-bond acceptors (Lipinski definition) is 5. The topological polar surface area (TPSA) is 71.5 Å². The highest BCUT2D eigenvalue weighted by molar-refractivity contribution is 7.92. The van der Waals surface area contributed by atoms with Gasteiger partial charge in [-0.3, -0.25) is 4.72 Å². The van der Waals surface area contributed by atoms with Crippen molar-refractivity contribution in [1.82, 2.24) is 4.98 Å². The minimum Gasteiger partial charge on any atom is -0.494 e. The van der Waals surface area contributed by atoms with E-state index in [1.165, 1.54) is 23.4 Å². The predicted octanol–water partition coefficient (Wildman–Crippen LogP) is 3.98. The molecule has 0 bridgehead atoms. The lowest BCUT2D eigenvalue weighted by Crippen LogP contribution is -2.15. The zero-order valence-corrected chi connectivity index (χ0v) is 16.3. The van der Waals surface area contributed by atoms with E-state index in [-0.39, 0.29) is 10.7 Å². The van der Waals surface area contributed by atoms with Gasteiger partial charge in [-0.05, 0) is 61.4 Å². The van der Waals surface area contributed by atoms with Gasteiger partial charge in [0.15, 0.2) is 0 Å². The molecule has 0 aliphatic carbocycles. The fraction of sp³-hybridized carbons (Fsp3) is 0.190. The largest absolute Gasteiger partial charge is 0.494 e. The van der Waals surface area contributed by atoms with Gasteiger partial charge in [-0.1, -0.05) is 18.2 Å². The Morgan fingerprint density at radius 3 is 2.57 bits per heavy atom. The van der Waals surface area contributed by atoms with E-state index in [9.17, 15) is 8.42 Å². The van der Waals surface area contributed by atoms with Gasteiger partial charge in [0.2, 0.25) is 0 Å². The molecule has 3 aromatic rings. The molecule has 1 aliphatic rings. The third-order valence-electron chi connectivity index (χ3n) is 4.63. The molecule has 0 radical (unpaired) electrons. The summed E-state index contributed by atoms with van der Waals surface area (Å²) < 4.78 is 33.0. The number of benzene rings is 2. The smallest absolute Gasteiger partial charge is 0.263 e. The first-order valence-electron chi connectivity index (χ1n) is 9.14. The molecule has 7 heteroatoms. The second-order valence-electron chi connectivity index (χ2n) is 6.44. The fourth-order valence-electron chi connectivity index (χ4n) is 3.29. The van der Waals surface area contributed by atoms with Gasteiger partial charge in [-0.15, -0.1) is 0 Å². The predicted molar refractivity (Wildman–Crippen MR) is 110 cm³/mol. The van der Waals surface area contributed by atoms with Crippen molar-refractivity contribution in [3.05, 3.63) is 72.4 Å². The first-order chi connectivity index (χ1) is 13.6. The maximum Gasteiger partial charge on any atom is 0.263 e. The number of hydrogen-bond donors (Lipinski definition) is 1. The van der Waals surface area contributed by atoms with E-state index in [0.29, 0.717) is 12.4 Å². The van der Waals surface area contributed by atoms with E-state index >= 15 is 0 Å². The Kier molecular flexibility index (Phi) is 4.92. The van der Waals surface area contributed by atoms with E-state index < -0.39 is 10.0 Å². The molecule has 2 heterocycles. The van der Waals surface area contributed by atoms with Crippen LogP contribution in [0.15, 0.2) is 71.8 Å². The molecule has 1 N–H and O–H groups in total. The third kappa shape index (κ3) is 3.66. The fourth-order valence-corrected chi connectivity index (χ4v) is 4.30. The van der Waals surface area contributed by atoms with Crippen LogP contribution in [-0.2, 0) is 16.4 Å². The van der Waals surface area contributed by atoms with Crippen molar-refractivity contribution in [3.63, 3.8) is 0 Å². The number of nitrogens with zero attached hydrogens (tertiary/aromatic N) is 2. The van der Waals surface area contributed by atoms with Gasteiger partial charge in [-0.25, -0.2) is 13.4 Å². The zero-order valence-electron chi connectivity index (χ0n) is 15.5. The first-order valence-corrected chi connectivity index (χ1v) is 10.6. The van der Waals surface area contributed by atoms with E-state index in [2.05, 4.69) is 26.7 Å². The van der Waals surface area contributed by atoms with Crippen LogP contribution in [0.5, 0.6) is 5.75 Å². The number of pyridine rings is 1. The Morgan fingerprint density at radius 2 is 1.86 bits per heavy atom. The van der Waals surface area contributed by atoms with Crippen LogP contribution < -0.4 is 14.4 Å². The standard InChI is InChI=1S/C21H21N3O3S/c1-2-27-18-8-10-19(11-9-18)28(25,26)23-21-12-7-17(15-22-21)24-14-13-16-5-3-4-6-20(16)24/h3-12,15H,2,13-14H2,1H3,(H,22,23). The Morgan fingerprint density at radius 1 is 1.07 bits per heavy atom. The zero-order chi connectivity index (χ0) is 19.6. The SMILES string of the molecule is CCOc1ccc(S(=O)(=O)Nc2ccc(N3CCc4ccccc43)cn2)cc1. The van der Waals surface area contributed by atoms with Crippen molar-refractivity contribution < 1.29 is 13.2 Å². The van der Waals surface area contributed by atoms with E-state index in [0.717, 1.165) is 18.7 Å². The van der Waals surface area contributed by atoms with Crippen molar-refractivity contribution in [2.24, 2.45) is 0 Å². The second kappa shape index (κ2) is 7.52. The van der Waals surface area contributed by atoms with Crippen LogP contribution in [0, 0.1) is 0 Å². The summed E-state index contributed by atoms with van der Waals surface area (Å²) in [6.45, 7) is 3.29. The normalized spacial score (nSPS) is 13.2. The Balaban J connectivity index is 1.50. The van der Waals surface area contributed by atoms with Crippen molar-refractivity contribution >= 4 is 27.2 Å². The molecule has 1 aromatic heterocycles. The summed E-state index contributed by atoms with van der Waals surface area (Å²) in [6.07, 6.45) is 2.68. The molecule has 6 nitrogen and oxygen atoms in total. The van der Waals surface area contributed by atoms with Crippen LogP contribution in [0.25, 0.3) is 0 Å². The number of aromatic nitrogens is 1. The molecule has 0 fully saturated rings. The number of ether oxygens (including phenoxy) is 1. The highest BCUT2D eigenvalue weighted by Crippen LogP contribution is 2.34.